The van der Waals surface area contributed by atoms with Gasteiger partial charge in [-0.2, -0.15) is 0 Å². The number of benzene rings is 1. The third-order valence-corrected chi connectivity index (χ3v) is 7.68. The molecule has 7 nitrogen and oxygen atoms in total. The van der Waals surface area contributed by atoms with Gasteiger partial charge in [0, 0.05) is 68.6 Å². The molecule has 2 aliphatic rings. The minimum Gasteiger partial charge on any atom is -0.476 e. The molecule has 2 aliphatic heterocycles. The SMILES string of the molecule is O=C(O)c1csc(SCCN2C(=O)CC[C@@H]2CN2CCN(c3ccccc3)CC2)n1. The summed E-state index contributed by atoms with van der Waals surface area (Å²) in [5.41, 5.74) is 1.37. The van der Waals surface area contributed by atoms with Crippen LogP contribution in [0.3, 0.4) is 0 Å². The number of nitrogens with zero attached hydrogens (tertiary/aromatic N) is 4. The number of amides is 1. The van der Waals surface area contributed by atoms with Crippen LogP contribution in [0.4, 0.5) is 5.69 Å². The first-order chi connectivity index (χ1) is 14.6. The van der Waals surface area contributed by atoms with E-state index in [1.54, 1.807) is 5.38 Å². The Labute approximate surface area is 184 Å². The number of likely N-dealkylation sites (tertiary alicyclic amines) is 1. The maximum atomic E-state index is 12.4. The first kappa shape index (κ1) is 21.1. The largest absolute Gasteiger partial charge is 0.476 e. The molecule has 4 rings (SSSR count). The zero-order chi connectivity index (χ0) is 20.9. The van der Waals surface area contributed by atoms with Gasteiger partial charge in [-0.1, -0.05) is 30.0 Å². The van der Waals surface area contributed by atoms with E-state index in [1.807, 2.05) is 11.0 Å². The monoisotopic (exact) mass is 446 g/mol. The molecule has 1 aromatic heterocycles. The lowest BCUT2D eigenvalue weighted by atomic mass is 10.2. The van der Waals surface area contributed by atoms with Crippen LogP contribution in [0.25, 0.3) is 0 Å². The average molecular weight is 447 g/mol. The van der Waals surface area contributed by atoms with Crippen molar-refractivity contribution in [1.29, 1.82) is 0 Å². The lowest BCUT2D eigenvalue weighted by molar-refractivity contribution is -0.128. The van der Waals surface area contributed by atoms with Crippen molar-refractivity contribution in [2.45, 2.75) is 23.2 Å². The van der Waals surface area contributed by atoms with Crippen molar-refractivity contribution in [3.63, 3.8) is 0 Å². The van der Waals surface area contributed by atoms with Crippen LogP contribution in [0.15, 0.2) is 40.1 Å². The Morgan fingerprint density at radius 1 is 1.20 bits per heavy atom. The van der Waals surface area contributed by atoms with E-state index in [0.29, 0.717) is 13.0 Å². The fourth-order valence-electron chi connectivity index (χ4n) is 4.07. The summed E-state index contributed by atoms with van der Waals surface area (Å²) in [6, 6.07) is 10.8. The number of anilines is 1. The number of thioether (sulfide) groups is 1. The zero-order valence-electron chi connectivity index (χ0n) is 16.8. The quantitative estimate of drug-likeness (QED) is 0.625. The van der Waals surface area contributed by atoms with Crippen LogP contribution in [0.5, 0.6) is 0 Å². The summed E-state index contributed by atoms with van der Waals surface area (Å²) in [6.45, 7) is 5.66. The summed E-state index contributed by atoms with van der Waals surface area (Å²) < 4.78 is 0.743. The highest BCUT2D eigenvalue weighted by Gasteiger charge is 2.32. The van der Waals surface area contributed by atoms with Crippen LogP contribution in [0.1, 0.15) is 23.3 Å². The molecule has 0 spiro atoms. The molecule has 1 amide bonds. The van der Waals surface area contributed by atoms with E-state index >= 15 is 0 Å². The van der Waals surface area contributed by atoms with E-state index < -0.39 is 5.97 Å². The molecule has 2 aromatic rings. The number of piperazine rings is 1. The predicted octanol–water partition coefficient (Wildman–Crippen LogP) is 2.75. The van der Waals surface area contributed by atoms with Gasteiger partial charge in [0.25, 0.3) is 0 Å². The molecule has 0 saturated carbocycles. The molecule has 0 radical (unpaired) electrons. The first-order valence-corrected chi connectivity index (χ1v) is 12.1. The Morgan fingerprint density at radius 2 is 1.97 bits per heavy atom. The number of aromatic nitrogens is 1. The highest BCUT2D eigenvalue weighted by atomic mass is 32.2. The van der Waals surface area contributed by atoms with Gasteiger partial charge < -0.3 is 14.9 Å². The number of carboxylic acid groups (broad SMARTS) is 1. The molecule has 30 heavy (non-hydrogen) atoms. The Hall–Kier alpha value is -2.10. The van der Waals surface area contributed by atoms with Crippen molar-refractivity contribution in [2.24, 2.45) is 0 Å². The Kier molecular flexibility index (Phi) is 6.91. The molecule has 160 valence electrons. The molecule has 1 aromatic carbocycles. The van der Waals surface area contributed by atoms with Gasteiger partial charge >= 0.3 is 5.97 Å². The highest BCUT2D eigenvalue weighted by molar-refractivity contribution is 8.01. The van der Waals surface area contributed by atoms with Gasteiger partial charge in [-0.05, 0) is 18.6 Å². The number of aromatic carboxylic acids is 1. The van der Waals surface area contributed by atoms with Gasteiger partial charge in [0.05, 0.1) is 0 Å². The average Bonchev–Trinajstić information content (AvgIpc) is 3.37. The van der Waals surface area contributed by atoms with Gasteiger partial charge in [-0.25, -0.2) is 9.78 Å². The number of carbonyl (C=O) groups excluding carboxylic acids is 1. The number of carboxylic acids is 1. The molecule has 1 N–H and O–H groups in total. The van der Waals surface area contributed by atoms with Crippen molar-refractivity contribution in [3.8, 4) is 0 Å². The van der Waals surface area contributed by atoms with Gasteiger partial charge in [-0.3, -0.25) is 9.69 Å². The summed E-state index contributed by atoms with van der Waals surface area (Å²) in [4.78, 5) is 34.4. The second-order valence-electron chi connectivity index (χ2n) is 7.56. The standard InChI is InChI=1S/C21H26N4O3S2/c26-19-7-6-17(25(19)12-13-29-21-22-18(15-30-21)20(27)28)14-23-8-10-24(11-9-23)16-4-2-1-3-5-16/h1-5,15,17H,6-14H2,(H,27,28)/t17-/m1/s1. The molecule has 2 fully saturated rings. The number of thiazole rings is 1. The fourth-order valence-corrected chi connectivity index (χ4v) is 5.88. The van der Waals surface area contributed by atoms with Crippen molar-refractivity contribution >= 4 is 40.7 Å². The van der Waals surface area contributed by atoms with Crippen LogP contribution in [-0.4, -0.2) is 82.8 Å². The maximum absolute atomic E-state index is 12.4. The first-order valence-electron chi connectivity index (χ1n) is 10.2. The number of hydrogen-bond acceptors (Lipinski definition) is 7. The Balaban J connectivity index is 1.24. The lowest BCUT2D eigenvalue weighted by Gasteiger charge is -2.38. The maximum Gasteiger partial charge on any atom is 0.355 e. The Morgan fingerprint density at radius 3 is 2.67 bits per heavy atom. The molecular formula is C21H26N4O3S2. The summed E-state index contributed by atoms with van der Waals surface area (Å²) >= 11 is 2.87. The second kappa shape index (κ2) is 9.80. The number of hydrogen-bond donors (Lipinski definition) is 1. The summed E-state index contributed by atoms with van der Waals surface area (Å²) in [5, 5.41) is 10.5. The van der Waals surface area contributed by atoms with Gasteiger partial charge in [0.15, 0.2) is 10.0 Å². The fraction of sp³-hybridized carbons (Fsp3) is 0.476. The smallest absolute Gasteiger partial charge is 0.355 e. The summed E-state index contributed by atoms with van der Waals surface area (Å²) in [5.74, 6) is -0.0366. The van der Waals surface area contributed by atoms with Gasteiger partial charge in [-0.15, -0.1) is 11.3 Å². The molecule has 0 unspecified atom stereocenters. The van der Waals surface area contributed by atoms with Crippen LogP contribution in [0.2, 0.25) is 0 Å². The molecule has 2 saturated heterocycles. The molecule has 9 heteroatoms. The van der Waals surface area contributed by atoms with E-state index in [4.69, 9.17) is 5.11 Å². The van der Waals surface area contributed by atoms with Crippen LogP contribution in [-0.2, 0) is 4.79 Å². The molecule has 0 bridgehead atoms. The molecule has 3 heterocycles. The number of para-hydroxylation sites is 1. The number of carbonyl (C=O) groups is 2. The topological polar surface area (TPSA) is 77.0 Å². The van der Waals surface area contributed by atoms with Gasteiger partial charge in [0.1, 0.15) is 0 Å². The van der Waals surface area contributed by atoms with E-state index in [1.165, 1.54) is 28.8 Å². The van der Waals surface area contributed by atoms with E-state index in [2.05, 4.69) is 39.0 Å². The normalized spacial score (nSPS) is 20.1. The van der Waals surface area contributed by atoms with E-state index in [9.17, 15) is 9.59 Å². The van der Waals surface area contributed by atoms with E-state index in [-0.39, 0.29) is 17.6 Å². The lowest BCUT2D eigenvalue weighted by Crippen LogP contribution is -2.51. The summed E-state index contributed by atoms with van der Waals surface area (Å²) in [7, 11) is 0. The van der Waals surface area contributed by atoms with Gasteiger partial charge in [0.2, 0.25) is 5.91 Å². The minimum absolute atomic E-state index is 0.0901. The molecule has 0 aliphatic carbocycles. The van der Waals surface area contributed by atoms with Crippen molar-refractivity contribution in [2.75, 3.05) is 49.9 Å². The van der Waals surface area contributed by atoms with E-state index in [0.717, 1.165) is 49.2 Å². The van der Waals surface area contributed by atoms with Crippen molar-refractivity contribution < 1.29 is 14.7 Å². The third kappa shape index (κ3) is 5.14. The van der Waals surface area contributed by atoms with Crippen LogP contribution >= 0.6 is 23.1 Å². The molecule has 1 atom stereocenters. The third-order valence-electron chi connectivity index (χ3n) is 5.68. The summed E-state index contributed by atoms with van der Waals surface area (Å²) in [6.07, 6.45) is 1.54. The number of rotatable bonds is 8. The second-order valence-corrected chi connectivity index (χ2v) is 9.76. The highest BCUT2D eigenvalue weighted by Crippen LogP contribution is 2.26. The zero-order valence-corrected chi connectivity index (χ0v) is 18.4. The van der Waals surface area contributed by atoms with Crippen molar-refractivity contribution in [1.82, 2.24) is 14.8 Å². The molecular weight excluding hydrogens is 420 g/mol. The van der Waals surface area contributed by atoms with Crippen LogP contribution < -0.4 is 4.90 Å². The van der Waals surface area contributed by atoms with Crippen LogP contribution in [0, 0.1) is 0 Å². The Bertz CT molecular complexity index is 868. The predicted molar refractivity (Wildman–Crippen MR) is 120 cm³/mol. The van der Waals surface area contributed by atoms with Crippen molar-refractivity contribution in [3.05, 3.63) is 41.4 Å². The minimum atomic E-state index is -1.000.